The van der Waals surface area contributed by atoms with E-state index in [1.54, 1.807) is 6.20 Å². The van der Waals surface area contributed by atoms with Gasteiger partial charge in [-0.15, -0.1) is 0 Å². The highest BCUT2D eigenvalue weighted by Gasteiger charge is 2.19. The topological polar surface area (TPSA) is 111 Å². The third-order valence-corrected chi connectivity index (χ3v) is 3.57. The van der Waals surface area contributed by atoms with Crippen molar-refractivity contribution >= 4 is 28.0 Å². The van der Waals surface area contributed by atoms with Crippen molar-refractivity contribution in [3.8, 4) is 0 Å². The van der Waals surface area contributed by atoms with Crippen LogP contribution in [0.4, 0.5) is 17.1 Å². The van der Waals surface area contributed by atoms with Gasteiger partial charge in [0.25, 0.3) is 11.4 Å². The molecule has 0 fully saturated rings. The SMILES string of the molecule is O=[N+]([O-])c1ccc(NCc2cccc3cccnc23)c([N+](=O)[O-])c1. The minimum atomic E-state index is -0.661. The Morgan fingerprint density at radius 1 is 1.00 bits per heavy atom. The Morgan fingerprint density at radius 2 is 1.79 bits per heavy atom. The highest BCUT2D eigenvalue weighted by atomic mass is 16.6. The number of hydrogen-bond donors (Lipinski definition) is 1. The zero-order chi connectivity index (χ0) is 17.1. The number of hydrogen-bond acceptors (Lipinski definition) is 6. The molecule has 1 aromatic heterocycles. The number of anilines is 1. The largest absolute Gasteiger partial charge is 0.375 e. The Morgan fingerprint density at radius 3 is 2.54 bits per heavy atom. The number of fused-ring (bicyclic) bond motifs is 1. The molecular formula is C16H12N4O4. The van der Waals surface area contributed by atoms with Crippen LogP contribution in [0.1, 0.15) is 5.56 Å². The Labute approximate surface area is 136 Å². The predicted octanol–water partition coefficient (Wildman–Crippen LogP) is 3.66. The summed E-state index contributed by atoms with van der Waals surface area (Å²) in [5, 5.41) is 25.9. The number of nitro benzene ring substituents is 2. The zero-order valence-corrected chi connectivity index (χ0v) is 12.4. The number of para-hydroxylation sites is 1. The van der Waals surface area contributed by atoms with Crippen LogP contribution in [0.3, 0.4) is 0 Å². The maximum Gasteiger partial charge on any atom is 0.299 e. The lowest BCUT2D eigenvalue weighted by Gasteiger charge is -2.09. The highest BCUT2D eigenvalue weighted by Crippen LogP contribution is 2.29. The number of pyridine rings is 1. The normalized spacial score (nSPS) is 10.5. The minimum absolute atomic E-state index is 0.221. The average Bonchev–Trinajstić information content (AvgIpc) is 2.59. The van der Waals surface area contributed by atoms with E-state index in [1.807, 2.05) is 30.3 Å². The molecule has 3 rings (SSSR count). The summed E-state index contributed by atoms with van der Waals surface area (Å²) < 4.78 is 0. The van der Waals surface area contributed by atoms with Gasteiger partial charge in [0.15, 0.2) is 0 Å². The lowest BCUT2D eigenvalue weighted by molar-refractivity contribution is -0.393. The molecule has 0 unspecified atom stereocenters. The maximum absolute atomic E-state index is 11.2. The second-order valence-corrected chi connectivity index (χ2v) is 5.06. The van der Waals surface area contributed by atoms with Gasteiger partial charge in [-0.2, -0.15) is 0 Å². The molecule has 8 nitrogen and oxygen atoms in total. The number of non-ortho nitro benzene ring substituents is 1. The summed E-state index contributed by atoms with van der Waals surface area (Å²) in [4.78, 5) is 24.9. The first-order valence-corrected chi connectivity index (χ1v) is 7.05. The second-order valence-electron chi connectivity index (χ2n) is 5.06. The summed E-state index contributed by atoms with van der Waals surface area (Å²) in [6, 6.07) is 13.0. The third kappa shape index (κ3) is 2.98. The molecule has 0 amide bonds. The fourth-order valence-corrected chi connectivity index (χ4v) is 2.43. The van der Waals surface area contributed by atoms with E-state index in [-0.39, 0.29) is 17.1 Å². The van der Waals surface area contributed by atoms with E-state index < -0.39 is 9.85 Å². The maximum atomic E-state index is 11.2. The Kier molecular flexibility index (Phi) is 4.02. The van der Waals surface area contributed by atoms with Crippen LogP contribution in [0.5, 0.6) is 0 Å². The second kappa shape index (κ2) is 6.29. The van der Waals surface area contributed by atoms with Crippen molar-refractivity contribution in [2.75, 3.05) is 5.32 Å². The molecule has 24 heavy (non-hydrogen) atoms. The summed E-state index contributed by atoms with van der Waals surface area (Å²) in [6.07, 6.45) is 1.68. The van der Waals surface area contributed by atoms with Gasteiger partial charge in [-0.25, -0.2) is 0 Å². The van der Waals surface area contributed by atoms with Gasteiger partial charge in [-0.1, -0.05) is 24.3 Å². The van der Waals surface area contributed by atoms with E-state index in [2.05, 4.69) is 10.3 Å². The summed E-state index contributed by atoms with van der Waals surface area (Å²) in [7, 11) is 0. The Balaban J connectivity index is 1.91. The molecule has 1 N–H and O–H groups in total. The first kappa shape index (κ1) is 15.3. The molecule has 0 bridgehead atoms. The molecule has 120 valence electrons. The zero-order valence-electron chi connectivity index (χ0n) is 12.4. The molecular weight excluding hydrogens is 312 g/mol. The van der Waals surface area contributed by atoms with Crippen molar-refractivity contribution < 1.29 is 9.85 Å². The molecule has 0 saturated heterocycles. The molecule has 0 saturated carbocycles. The number of aromatic nitrogens is 1. The number of nitrogens with zero attached hydrogens (tertiary/aromatic N) is 3. The van der Waals surface area contributed by atoms with Crippen LogP contribution >= 0.6 is 0 Å². The molecule has 3 aromatic rings. The fourth-order valence-electron chi connectivity index (χ4n) is 2.43. The molecule has 0 aliphatic heterocycles. The smallest absolute Gasteiger partial charge is 0.299 e. The van der Waals surface area contributed by atoms with Gasteiger partial charge >= 0.3 is 0 Å². The van der Waals surface area contributed by atoms with E-state index in [0.717, 1.165) is 22.5 Å². The van der Waals surface area contributed by atoms with Gasteiger partial charge in [0.1, 0.15) is 5.69 Å². The van der Waals surface area contributed by atoms with E-state index in [1.165, 1.54) is 12.1 Å². The average molecular weight is 324 g/mol. The molecule has 1 heterocycles. The van der Waals surface area contributed by atoms with Crippen molar-refractivity contribution in [1.82, 2.24) is 4.98 Å². The van der Waals surface area contributed by atoms with Crippen LogP contribution in [-0.2, 0) is 6.54 Å². The third-order valence-electron chi connectivity index (χ3n) is 3.57. The number of rotatable bonds is 5. The van der Waals surface area contributed by atoms with Crippen LogP contribution in [0.2, 0.25) is 0 Å². The standard InChI is InChI=1S/C16H12N4O4/c21-19(22)13-6-7-14(15(9-13)20(23)24)18-10-12-4-1-3-11-5-2-8-17-16(11)12/h1-9,18H,10H2. The lowest BCUT2D eigenvalue weighted by Crippen LogP contribution is -2.04. The Bertz CT molecular complexity index is 937. The molecule has 0 atom stereocenters. The molecule has 0 spiro atoms. The molecule has 0 radical (unpaired) electrons. The fraction of sp³-hybridized carbons (Fsp3) is 0.0625. The van der Waals surface area contributed by atoms with Crippen molar-refractivity contribution in [1.29, 1.82) is 0 Å². The summed E-state index contributed by atoms with van der Waals surface area (Å²) in [6.45, 7) is 0.313. The van der Waals surface area contributed by atoms with Gasteiger partial charge in [-0.3, -0.25) is 25.2 Å². The highest BCUT2D eigenvalue weighted by molar-refractivity contribution is 5.81. The Hall–Kier alpha value is -3.55. The van der Waals surface area contributed by atoms with Gasteiger partial charge in [0.05, 0.1) is 21.4 Å². The van der Waals surface area contributed by atoms with Gasteiger partial charge in [0.2, 0.25) is 0 Å². The molecule has 2 aromatic carbocycles. The summed E-state index contributed by atoms with van der Waals surface area (Å²) in [5.74, 6) is 0. The van der Waals surface area contributed by atoms with Crippen molar-refractivity contribution in [3.05, 3.63) is 80.5 Å². The van der Waals surface area contributed by atoms with Crippen LogP contribution in [0, 0.1) is 20.2 Å². The van der Waals surface area contributed by atoms with E-state index in [0.29, 0.717) is 6.54 Å². The lowest BCUT2D eigenvalue weighted by atomic mass is 10.1. The first-order valence-electron chi connectivity index (χ1n) is 7.05. The number of nitro groups is 2. The van der Waals surface area contributed by atoms with E-state index in [4.69, 9.17) is 0 Å². The van der Waals surface area contributed by atoms with E-state index >= 15 is 0 Å². The van der Waals surface area contributed by atoms with Gasteiger partial charge in [0, 0.05) is 24.2 Å². The molecule has 8 heteroatoms. The van der Waals surface area contributed by atoms with Crippen LogP contribution in [0.25, 0.3) is 10.9 Å². The predicted molar refractivity (Wildman–Crippen MR) is 88.8 cm³/mol. The number of nitrogens with one attached hydrogen (secondary N) is 1. The van der Waals surface area contributed by atoms with Crippen LogP contribution < -0.4 is 5.32 Å². The number of benzene rings is 2. The monoisotopic (exact) mass is 324 g/mol. The molecule has 0 aliphatic rings. The minimum Gasteiger partial charge on any atom is -0.375 e. The van der Waals surface area contributed by atoms with Crippen LogP contribution in [-0.4, -0.2) is 14.8 Å². The van der Waals surface area contributed by atoms with Crippen molar-refractivity contribution in [3.63, 3.8) is 0 Å². The van der Waals surface area contributed by atoms with Crippen molar-refractivity contribution in [2.45, 2.75) is 6.54 Å². The summed E-state index contributed by atoms with van der Waals surface area (Å²) in [5.41, 5.74) is 1.24. The van der Waals surface area contributed by atoms with Crippen molar-refractivity contribution in [2.24, 2.45) is 0 Å². The van der Waals surface area contributed by atoms with Gasteiger partial charge < -0.3 is 5.32 Å². The summed E-state index contributed by atoms with van der Waals surface area (Å²) >= 11 is 0. The quantitative estimate of drug-likeness (QED) is 0.566. The van der Waals surface area contributed by atoms with Gasteiger partial charge in [-0.05, 0) is 17.7 Å². The van der Waals surface area contributed by atoms with E-state index in [9.17, 15) is 20.2 Å². The van der Waals surface area contributed by atoms with Crippen LogP contribution in [0.15, 0.2) is 54.7 Å². The molecule has 0 aliphatic carbocycles. The first-order chi connectivity index (χ1) is 11.6.